The summed E-state index contributed by atoms with van der Waals surface area (Å²) < 4.78 is 2.29. The second-order valence-corrected chi connectivity index (χ2v) is 4.69. The summed E-state index contributed by atoms with van der Waals surface area (Å²) in [6, 6.07) is 12.7. The van der Waals surface area contributed by atoms with E-state index < -0.39 is 0 Å². The third-order valence-corrected chi connectivity index (χ3v) is 3.31. The van der Waals surface area contributed by atoms with Crippen LogP contribution in [-0.4, -0.2) is 16.6 Å². The monoisotopic (exact) mass is 251 g/mol. The summed E-state index contributed by atoms with van der Waals surface area (Å²) >= 11 is 0. The van der Waals surface area contributed by atoms with Crippen LogP contribution in [0.25, 0.3) is 10.9 Å². The van der Waals surface area contributed by atoms with Gasteiger partial charge in [0.2, 0.25) is 0 Å². The van der Waals surface area contributed by atoms with Gasteiger partial charge in [0.05, 0.1) is 5.52 Å². The van der Waals surface area contributed by atoms with E-state index in [1.807, 2.05) is 25.5 Å². The van der Waals surface area contributed by atoms with Gasteiger partial charge in [-0.25, -0.2) is 0 Å². The molecule has 2 aromatic heterocycles. The lowest BCUT2D eigenvalue weighted by atomic mass is 10.1. The highest BCUT2D eigenvalue weighted by Crippen LogP contribution is 2.21. The third-order valence-electron chi connectivity index (χ3n) is 3.31. The van der Waals surface area contributed by atoms with Gasteiger partial charge >= 0.3 is 0 Å². The maximum atomic E-state index is 4.18. The zero-order valence-corrected chi connectivity index (χ0v) is 11.0. The molecule has 0 radical (unpaired) electrons. The number of para-hydroxylation sites is 1. The SMILES string of the molecule is CNCc1cccc2ccn(Cc3cccnc3)c12. The van der Waals surface area contributed by atoms with Crippen LogP contribution in [0.3, 0.4) is 0 Å². The molecule has 3 heteroatoms. The molecule has 1 N–H and O–H groups in total. The van der Waals surface area contributed by atoms with Crippen molar-refractivity contribution < 1.29 is 0 Å². The van der Waals surface area contributed by atoms with Crippen molar-refractivity contribution in [1.82, 2.24) is 14.9 Å². The Morgan fingerprint density at radius 1 is 1.16 bits per heavy atom. The van der Waals surface area contributed by atoms with Gasteiger partial charge in [0.25, 0.3) is 0 Å². The lowest BCUT2D eigenvalue weighted by Gasteiger charge is -2.09. The summed E-state index contributed by atoms with van der Waals surface area (Å²) in [6.45, 7) is 1.74. The molecule has 0 unspecified atom stereocenters. The van der Waals surface area contributed by atoms with Crippen molar-refractivity contribution in [1.29, 1.82) is 0 Å². The number of nitrogens with zero attached hydrogens (tertiary/aromatic N) is 2. The summed E-state index contributed by atoms with van der Waals surface area (Å²) in [5.74, 6) is 0. The molecule has 1 aromatic carbocycles. The standard InChI is InChI=1S/C16H17N3/c1-17-11-15-6-2-5-14-7-9-19(16(14)15)12-13-4-3-8-18-10-13/h2-10,17H,11-12H2,1H3. The Labute approximate surface area is 112 Å². The van der Waals surface area contributed by atoms with Gasteiger partial charge < -0.3 is 9.88 Å². The minimum absolute atomic E-state index is 0.859. The van der Waals surface area contributed by atoms with Crippen LogP contribution in [0.5, 0.6) is 0 Å². The van der Waals surface area contributed by atoms with Crippen LogP contribution in [0.1, 0.15) is 11.1 Å². The molecule has 0 saturated carbocycles. The van der Waals surface area contributed by atoms with Gasteiger partial charge in [-0.3, -0.25) is 4.98 Å². The van der Waals surface area contributed by atoms with Crippen LogP contribution >= 0.6 is 0 Å². The molecule has 0 fully saturated rings. The first-order valence-electron chi connectivity index (χ1n) is 6.49. The van der Waals surface area contributed by atoms with E-state index in [0.29, 0.717) is 0 Å². The Morgan fingerprint density at radius 3 is 2.89 bits per heavy atom. The fourth-order valence-corrected chi connectivity index (χ4v) is 2.49. The molecule has 0 saturated heterocycles. The molecule has 0 amide bonds. The Balaban J connectivity index is 2.04. The number of aromatic nitrogens is 2. The molecular weight excluding hydrogens is 234 g/mol. The molecular formula is C16H17N3. The summed E-state index contributed by atoms with van der Waals surface area (Å²) in [5, 5.41) is 4.52. The van der Waals surface area contributed by atoms with Crippen LogP contribution in [0.4, 0.5) is 0 Å². The summed E-state index contributed by atoms with van der Waals surface area (Å²) in [5.41, 5.74) is 3.86. The number of nitrogens with one attached hydrogen (secondary N) is 1. The number of rotatable bonds is 4. The highest BCUT2D eigenvalue weighted by atomic mass is 15.0. The number of benzene rings is 1. The van der Waals surface area contributed by atoms with Crippen LogP contribution in [0.15, 0.2) is 55.0 Å². The van der Waals surface area contributed by atoms with Crippen LogP contribution in [0.2, 0.25) is 0 Å². The van der Waals surface area contributed by atoms with E-state index in [9.17, 15) is 0 Å². The molecule has 3 aromatic rings. The minimum atomic E-state index is 0.859. The molecule has 0 aliphatic carbocycles. The molecule has 3 nitrogen and oxygen atoms in total. The Morgan fingerprint density at radius 2 is 2.11 bits per heavy atom. The van der Waals surface area contributed by atoms with Gasteiger partial charge in [-0.05, 0) is 35.7 Å². The second kappa shape index (κ2) is 5.24. The highest BCUT2D eigenvalue weighted by molar-refractivity contribution is 5.83. The van der Waals surface area contributed by atoms with E-state index in [2.05, 4.69) is 51.4 Å². The molecule has 0 atom stereocenters. The lowest BCUT2D eigenvalue weighted by molar-refractivity contribution is 0.794. The van der Waals surface area contributed by atoms with E-state index >= 15 is 0 Å². The van der Waals surface area contributed by atoms with E-state index in [1.54, 1.807) is 0 Å². The molecule has 0 bridgehead atoms. The average Bonchev–Trinajstić information content (AvgIpc) is 2.85. The van der Waals surface area contributed by atoms with Crippen LogP contribution < -0.4 is 5.32 Å². The van der Waals surface area contributed by atoms with Crippen molar-refractivity contribution in [2.75, 3.05) is 7.05 Å². The lowest BCUT2D eigenvalue weighted by Crippen LogP contribution is -2.07. The minimum Gasteiger partial charge on any atom is -0.343 e. The van der Waals surface area contributed by atoms with Crippen molar-refractivity contribution in [2.24, 2.45) is 0 Å². The van der Waals surface area contributed by atoms with Gasteiger partial charge in [-0.2, -0.15) is 0 Å². The van der Waals surface area contributed by atoms with Crippen molar-refractivity contribution in [3.8, 4) is 0 Å². The van der Waals surface area contributed by atoms with Crippen molar-refractivity contribution >= 4 is 10.9 Å². The number of fused-ring (bicyclic) bond motifs is 1. The highest BCUT2D eigenvalue weighted by Gasteiger charge is 2.06. The van der Waals surface area contributed by atoms with Gasteiger partial charge in [0, 0.05) is 31.7 Å². The smallest absolute Gasteiger partial charge is 0.0529 e. The first-order chi connectivity index (χ1) is 9.38. The second-order valence-electron chi connectivity index (χ2n) is 4.69. The molecule has 19 heavy (non-hydrogen) atoms. The Bertz CT molecular complexity index is 671. The van der Waals surface area contributed by atoms with Crippen molar-refractivity contribution in [3.63, 3.8) is 0 Å². The fourth-order valence-electron chi connectivity index (χ4n) is 2.49. The topological polar surface area (TPSA) is 29.9 Å². The number of hydrogen-bond donors (Lipinski definition) is 1. The number of hydrogen-bond acceptors (Lipinski definition) is 2. The predicted octanol–water partition coefficient (Wildman–Crippen LogP) is 2.80. The van der Waals surface area contributed by atoms with Crippen molar-refractivity contribution in [2.45, 2.75) is 13.1 Å². The van der Waals surface area contributed by atoms with Crippen LogP contribution in [0, 0.1) is 0 Å². The summed E-state index contributed by atoms with van der Waals surface area (Å²) in [7, 11) is 1.98. The van der Waals surface area contributed by atoms with E-state index in [0.717, 1.165) is 13.1 Å². The van der Waals surface area contributed by atoms with Gasteiger partial charge in [0.1, 0.15) is 0 Å². The Hall–Kier alpha value is -2.13. The van der Waals surface area contributed by atoms with E-state index in [-0.39, 0.29) is 0 Å². The largest absolute Gasteiger partial charge is 0.343 e. The average molecular weight is 251 g/mol. The maximum absolute atomic E-state index is 4.18. The fraction of sp³-hybridized carbons (Fsp3) is 0.188. The zero-order chi connectivity index (χ0) is 13.1. The first-order valence-corrected chi connectivity index (χ1v) is 6.49. The molecule has 2 heterocycles. The predicted molar refractivity (Wildman–Crippen MR) is 78.0 cm³/mol. The van der Waals surface area contributed by atoms with E-state index in [1.165, 1.54) is 22.0 Å². The summed E-state index contributed by atoms with van der Waals surface area (Å²) in [4.78, 5) is 4.18. The quantitative estimate of drug-likeness (QED) is 0.772. The molecule has 0 aliphatic heterocycles. The van der Waals surface area contributed by atoms with Crippen LogP contribution in [-0.2, 0) is 13.1 Å². The van der Waals surface area contributed by atoms with Gasteiger partial charge in [-0.1, -0.05) is 24.3 Å². The Kier molecular flexibility index (Phi) is 3.29. The number of pyridine rings is 1. The normalized spacial score (nSPS) is 11.0. The summed E-state index contributed by atoms with van der Waals surface area (Å²) in [6.07, 6.45) is 5.88. The molecule has 3 rings (SSSR count). The maximum Gasteiger partial charge on any atom is 0.0529 e. The van der Waals surface area contributed by atoms with E-state index in [4.69, 9.17) is 0 Å². The first kappa shape index (κ1) is 11.9. The molecule has 96 valence electrons. The molecule has 0 spiro atoms. The van der Waals surface area contributed by atoms with Gasteiger partial charge in [0.15, 0.2) is 0 Å². The van der Waals surface area contributed by atoms with Gasteiger partial charge in [-0.15, -0.1) is 0 Å². The van der Waals surface area contributed by atoms with Crippen molar-refractivity contribution in [3.05, 3.63) is 66.1 Å². The zero-order valence-electron chi connectivity index (χ0n) is 11.0. The molecule has 0 aliphatic rings. The third kappa shape index (κ3) is 2.37.